The highest BCUT2D eigenvalue weighted by Crippen LogP contribution is 2.25. The lowest BCUT2D eigenvalue weighted by Gasteiger charge is -2.26. The van der Waals surface area contributed by atoms with Crippen molar-refractivity contribution in [2.45, 2.75) is 18.0 Å². The first-order chi connectivity index (χ1) is 16.4. The van der Waals surface area contributed by atoms with Crippen molar-refractivity contribution in [3.63, 3.8) is 0 Å². The number of carbonyl (C=O) groups is 1. The van der Waals surface area contributed by atoms with Gasteiger partial charge in [-0.15, -0.1) is 0 Å². The number of morpholine rings is 1. The van der Waals surface area contributed by atoms with E-state index in [1.165, 1.54) is 23.8 Å². The van der Waals surface area contributed by atoms with E-state index in [1.807, 2.05) is 12.1 Å². The van der Waals surface area contributed by atoms with Crippen LogP contribution in [0.1, 0.15) is 21.5 Å². The standard InChI is InChI=1S/C25H26ClN3O4S/c26-23-10-9-21(16-24(23)34(31,32)28-22-7-2-1-3-8-22)25(30)27-17-19-5-4-6-20(15-19)18-29-11-13-33-14-12-29/h1-10,15-16,28H,11-14,17-18H2,(H,27,30). The van der Waals surface area contributed by atoms with Gasteiger partial charge in [-0.05, 0) is 41.5 Å². The summed E-state index contributed by atoms with van der Waals surface area (Å²) in [5, 5.41) is 2.90. The number of hydrogen-bond acceptors (Lipinski definition) is 5. The Bertz CT molecular complexity index is 1250. The molecular formula is C25H26ClN3O4S. The Balaban J connectivity index is 1.42. The number of sulfonamides is 1. The molecule has 0 bridgehead atoms. The number of halogens is 1. The van der Waals surface area contributed by atoms with E-state index in [4.69, 9.17) is 16.3 Å². The Labute approximate surface area is 204 Å². The zero-order valence-electron chi connectivity index (χ0n) is 18.5. The molecule has 0 spiro atoms. The Morgan fingerprint density at radius 3 is 2.44 bits per heavy atom. The molecule has 1 amide bonds. The van der Waals surface area contributed by atoms with Crippen molar-refractivity contribution in [3.05, 3.63) is 94.5 Å². The first-order valence-corrected chi connectivity index (χ1v) is 12.8. The van der Waals surface area contributed by atoms with Crippen molar-refractivity contribution < 1.29 is 17.9 Å². The van der Waals surface area contributed by atoms with Crippen molar-refractivity contribution in [3.8, 4) is 0 Å². The highest BCUT2D eigenvalue weighted by molar-refractivity contribution is 7.92. The molecule has 9 heteroatoms. The SMILES string of the molecule is O=C(NCc1cccc(CN2CCOCC2)c1)c1ccc(Cl)c(S(=O)(=O)Nc2ccccc2)c1. The number of para-hydroxylation sites is 1. The highest BCUT2D eigenvalue weighted by atomic mass is 35.5. The lowest BCUT2D eigenvalue weighted by molar-refractivity contribution is 0.0342. The summed E-state index contributed by atoms with van der Waals surface area (Å²) in [7, 11) is -3.96. The summed E-state index contributed by atoms with van der Waals surface area (Å²) >= 11 is 6.16. The van der Waals surface area contributed by atoms with Gasteiger partial charge in [0.15, 0.2) is 0 Å². The van der Waals surface area contributed by atoms with Gasteiger partial charge in [-0.2, -0.15) is 0 Å². The van der Waals surface area contributed by atoms with Crippen LogP contribution in [-0.4, -0.2) is 45.5 Å². The molecule has 0 aliphatic carbocycles. The van der Waals surface area contributed by atoms with E-state index < -0.39 is 10.0 Å². The predicted molar refractivity (Wildman–Crippen MR) is 132 cm³/mol. The molecule has 0 atom stereocenters. The molecule has 1 heterocycles. The van der Waals surface area contributed by atoms with E-state index in [0.717, 1.165) is 38.4 Å². The summed E-state index contributed by atoms with van der Waals surface area (Å²) < 4.78 is 33.6. The maximum Gasteiger partial charge on any atom is 0.263 e. The highest BCUT2D eigenvalue weighted by Gasteiger charge is 2.20. The van der Waals surface area contributed by atoms with Gasteiger partial charge in [-0.3, -0.25) is 14.4 Å². The molecule has 1 saturated heterocycles. The molecule has 0 aromatic heterocycles. The van der Waals surface area contributed by atoms with Crippen molar-refractivity contribution >= 4 is 33.2 Å². The Hall–Kier alpha value is -2.91. The largest absolute Gasteiger partial charge is 0.379 e. The molecule has 4 rings (SSSR count). The third kappa shape index (κ3) is 6.36. The predicted octanol–water partition coefficient (Wildman–Crippen LogP) is 3.90. The first-order valence-electron chi connectivity index (χ1n) is 10.9. The molecule has 2 N–H and O–H groups in total. The maximum atomic E-state index is 12.8. The number of amides is 1. The van der Waals surface area contributed by atoms with Gasteiger partial charge < -0.3 is 10.1 Å². The molecule has 1 aliphatic heterocycles. The van der Waals surface area contributed by atoms with E-state index in [0.29, 0.717) is 12.2 Å². The number of ether oxygens (including phenoxy) is 1. The van der Waals surface area contributed by atoms with Gasteiger partial charge in [0.05, 0.1) is 18.2 Å². The number of anilines is 1. The zero-order chi connectivity index (χ0) is 24.0. The summed E-state index contributed by atoms with van der Waals surface area (Å²) in [4.78, 5) is 15.0. The summed E-state index contributed by atoms with van der Waals surface area (Å²) in [6.07, 6.45) is 0. The minimum Gasteiger partial charge on any atom is -0.379 e. The lowest BCUT2D eigenvalue weighted by Crippen LogP contribution is -2.35. The van der Waals surface area contributed by atoms with Crippen LogP contribution in [0.25, 0.3) is 0 Å². The van der Waals surface area contributed by atoms with Crippen LogP contribution in [0.4, 0.5) is 5.69 Å². The van der Waals surface area contributed by atoms with Crippen LogP contribution in [0.3, 0.4) is 0 Å². The zero-order valence-corrected chi connectivity index (χ0v) is 20.1. The van der Waals surface area contributed by atoms with Gasteiger partial charge >= 0.3 is 0 Å². The molecule has 0 saturated carbocycles. The molecule has 3 aromatic carbocycles. The van der Waals surface area contributed by atoms with Crippen molar-refractivity contribution in [2.24, 2.45) is 0 Å². The second-order valence-corrected chi connectivity index (χ2v) is 10.1. The third-order valence-corrected chi connectivity index (χ3v) is 7.33. The third-order valence-electron chi connectivity index (χ3n) is 5.46. The number of nitrogens with zero attached hydrogens (tertiary/aromatic N) is 1. The molecule has 7 nitrogen and oxygen atoms in total. The van der Waals surface area contributed by atoms with Crippen LogP contribution in [0, 0.1) is 0 Å². The number of benzene rings is 3. The van der Waals surface area contributed by atoms with Crippen LogP contribution in [0.15, 0.2) is 77.7 Å². The lowest BCUT2D eigenvalue weighted by atomic mass is 10.1. The fraction of sp³-hybridized carbons (Fsp3) is 0.240. The van der Waals surface area contributed by atoms with Gasteiger partial charge in [-0.1, -0.05) is 54.1 Å². The molecule has 34 heavy (non-hydrogen) atoms. The summed E-state index contributed by atoms with van der Waals surface area (Å²) in [6.45, 7) is 4.45. The number of hydrogen-bond donors (Lipinski definition) is 2. The average Bonchev–Trinajstić information content (AvgIpc) is 2.84. The second-order valence-electron chi connectivity index (χ2n) is 8.01. The van der Waals surface area contributed by atoms with Crippen molar-refractivity contribution in [1.29, 1.82) is 0 Å². The van der Waals surface area contributed by atoms with Crippen LogP contribution in [0.5, 0.6) is 0 Å². The normalized spacial score (nSPS) is 14.5. The molecule has 0 radical (unpaired) electrons. The molecule has 178 valence electrons. The van der Waals surface area contributed by atoms with Gasteiger partial charge in [-0.25, -0.2) is 8.42 Å². The minimum atomic E-state index is -3.96. The fourth-order valence-electron chi connectivity index (χ4n) is 3.71. The Kier molecular flexibility index (Phi) is 7.84. The van der Waals surface area contributed by atoms with Crippen LogP contribution >= 0.6 is 11.6 Å². The van der Waals surface area contributed by atoms with E-state index in [2.05, 4.69) is 27.1 Å². The first kappa shape index (κ1) is 24.2. The van der Waals surface area contributed by atoms with E-state index in [1.54, 1.807) is 30.3 Å². The van der Waals surface area contributed by atoms with Gasteiger partial charge in [0.1, 0.15) is 4.90 Å². The van der Waals surface area contributed by atoms with Crippen molar-refractivity contribution in [2.75, 3.05) is 31.0 Å². The minimum absolute atomic E-state index is 0.0378. The van der Waals surface area contributed by atoms with E-state index >= 15 is 0 Å². The van der Waals surface area contributed by atoms with E-state index in [9.17, 15) is 13.2 Å². The van der Waals surface area contributed by atoms with E-state index in [-0.39, 0.29) is 21.4 Å². The summed E-state index contributed by atoms with van der Waals surface area (Å²) in [5.41, 5.74) is 2.75. The van der Waals surface area contributed by atoms with Crippen LogP contribution in [-0.2, 0) is 27.8 Å². The molecule has 3 aromatic rings. The molecule has 1 aliphatic rings. The molecule has 1 fully saturated rings. The van der Waals surface area contributed by atoms with Gasteiger partial charge in [0.25, 0.3) is 15.9 Å². The Morgan fingerprint density at radius 2 is 1.68 bits per heavy atom. The van der Waals surface area contributed by atoms with Crippen molar-refractivity contribution in [1.82, 2.24) is 10.2 Å². The second kappa shape index (κ2) is 11.0. The summed E-state index contributed by atoms with van der Waals surface area (Å²) in [6, 6.07) is 20.8. The van der Waals surface area contributed by atoms with Gasteiger partial charge in [0.2, 0.25) is 0 Å². The van der Waals surface area contributed by atoms with Crippen LogP contribution < -0.4 is 10.0 Å². The fourth-order valence-corrected chi connectivity index (χ4v) is 5.29. The quantitative estimate of drug-likeness (QED) is 0.490. The topological polar surface area (TPSA) is 87.7 Å². The Morgan fingerprint density at radius 1 is 0.941 bits per heavy atom. The number of rotatable bonds is 8. The van der Waals surface area contributed by atoms with Crippen LogP contribution in [0.2, 0.25) is 5.02 Å². The van der Waals surface area contributed by atoms with Gasteiger partial charge in [0, 0.05) is 37.4 Å². The molecule has 0 unspecified atom stereocenters. The maximum absolute atomic E-state index is 12.8. The number of nitrogens with one attached hydrogen (secondary N) is 2. The number of carbonyl (C=O) groups excluding carboxylic acids is 1. The monoisotopic (exact) mass is 499 g/mol. The smallest absolute Gasteiger partial charge is 0.263 e. The molecular weight excluding hydrogens is 474 g/mol. The summed E-state index contributed by atoms with van der Waals surface area (Å²) in [5.74, 6) is -0.383. The average molecular weight is 500 g/mol.